The van der Waals surface area contributed by atoms with E-state index in [1.165, 1.54) is 7.11 Å². The standard InChI is InChI=1S/C28H43NO5Si/c1-27(2,3)35(7,8)34-25(22-12-13-24(31)23(16-22)19-30)18-29-28(4,5)17-21-11-9-10-20(14-21)15-26(32)33-6/h9-14,16,25,29-31H,15,17-19H2,1-8H3/t25-/m0/s1. The fourth-order valence-electron chi connectivity index (χ4n) is 3.72. The van der Waals surface area contributed by atoms with Gasteiger partial charge in [0.1, 0.15) is 5.75 Å². The molecule has 1 atom stereocenters. The maximum atomic E-state index is 11.7. The Morgan fingerprint density at radius 2 is 1.71 bits per heavy atom. The summed E-state index contributed by atoms with van der Waals surface area (Å²) in [7, 11) is -0.696. The van der Waals surface area contributed by atoms with Crippen LogP contribution in [0.3, 0.4) is 0 Å². The van der Waals surface area contributed by atoms with Crippen LogP contribution in [0.5, 0.6) is 5.75 Å². The highest BCUT2D eigenvalue weighted by Gasteiger charge is 2.39. The molecule has 2 aromatic carbocycles. The van der Waals surface area contributed by atoms with E-state index in [-0.39, 0.29) is 41.4 Å². The van der Waals surface area contributed by atoms with Crippen molar-refractivity contribution in [3.8, 4) is 5.75 Å². The first kappa shape index (κ1) is 29.0. The van der Waals surface area contributed by atoms with E-state index in [1.807, 2.05) is 24.3 Å². The van der Waals surface area contributed by atoms with Crippen molar-refractivity contribution in [2.45, 2.75) is 83.8 Å². The molecule has 0 saturated carbocycles. The molecule has 2 aromatic rings. The van der Waals surface area contributed by atoms with Crippen molar-refractivity contribution in [3.05, 3.63) is 64.7 Å². The Labute approximate surface area is 211 Å². The number of benzene rings is 2. The monoisotopic (exact) mass is 501 g/mol. The van der Waals surface area contributed by atoms with Crippen LogP contribution in [0.2, 0.25) is 18.1 Å². The molecule has 0 aliphatic rings. The maximum Gasteiger partial charge on any atom is 0.309 e. The summed E-state index contributed by atoms with van der Waals surface area (Å²) in [5, 5.41) is 23.4. The van der Waals surface area contributed by atoms with Gasteiger partial charge in [-0.2, -0.15) is 0 Å². The molecule has 0 spiro atoms. The third-order valence-corrected chi connectivity index (χ3v) is 11.4. The number of aromatic hydroxyl groups is 1. The summed E-state index contributed by atoms with van der Waals surface area (Å²) in [4.78, 5) is 11.7. The minimum Gasteiger partial charge on any atom is -0.508 e. The summed E-state index contributed by atoms with van der Waals surface area (Å²) in [6.45, 7) is 15.8. The van der Waals surface area contributed by atoms with Crippen LogP contribution in [0, 0.1) is 0 Å². The van der Waals surface area contributed by atoms with E-state index in [9.17, 15) is 15.0 Å². The molecule has 2 rings (SSSR count). The number of aliphatic hydroxyl groups excluding tert-OH is 1. The predicted molar refractivity (Wildman–Crippen MR) is 143 cm³/mol. The number of aliphatic hydroxyl groups is 1. The fourth-order valence-corrected chi connectivity index (χ4v) is 5.01. The molecule has 3 N–H and O–H groups in total. The minimum absolute atomic E-state index is 0.0393. The lowest BCUT2D eigenvalue weighted by molar-refractivity contribution is -0.139. The van der Waals surface area contributed by atoms with E-state index < -0.39 is 8.32 Å². The largest absolute Gasteiger partial charge is 0.508 e. The Morgan fingerprint density at radius 1 is 1.06 bits per heavy atom. The van der Waals surface area contributed by atoms with Gasteiger partial charge in [-0.25, -0.2) is 0 Å². The molecular formula is C28H43NO5Si. The van der Waals surface area contributed by atoms with Gasteiger partial charge in [0, 0.05) is 17.6 Å². The van der Waals surface area contributed by atoms with Crippen LogP contribution in [-0.4, -0.2) is 43.7 Å². The quantitative estimate of drug-likeness (QED) is 0.287. The van der Waals surface area contributed by atoms with E-state index >= 15 is 0 Å². The number of hydrogen-bond donors (Lipinski definition) is 3. The maximum absolute atomic E-state index is 11.7. The third kappa shape index (κ3) is 8.46. The molecule has 0 heterocycles. The van der Waals surface area contributed by atoms with Crippen molar-refractivity contribution in [2.24, 2.45) is 0 Å². The first-order chi connectivity index (χ1) is 16.2. The highest BCUT2D eigenvalue weighted by molar-refractivity contribution is 6.74. The SMILES string of the molecule is COC(=O)Cc1cccc(CC(C)(C)NC[C@H](O[Si](C)(C)C(C)(C)C)c2ccc(O)c(CO)c2)c1. The Morgan fingerprint density at radius 3 is 2.31 bits per heavy atom. The van der Waals surface area contributed by atoms with Crippen LogP contribution in [0.15, 0.2) is 42.5 Å². The zero-order valence-corrected chi connectivity index (χ0v) is 23.6. The molecule has 0 aliphatic carbocycles. The summed E-state index contributed by atoms with van der Waals surface area (Å²) >= 11 is 0. The van der Waals surface area contributed by atoms with Crippen molar-refractivity contribution >= 4 is 14.3 Å². The topological polar surface area (TPSA) is 88.0 Å². The molecule has 0 amide bonds. The van der Waals surface area contributed by atoms with Crippen molar-refractivity contribution in [3.63, 3.8) is 0 Å². The van der Waals surface area contributed by atoms with Gasteiger partial charge in [0.05, 0.1) is 26.2 Å². The molecule has 0 fully saturated rings. The van der Waals surface area contributed by atoms with E-state index in [0.29, 0.717) is 12.1 Å². The summed E-state index contributed by atoms with van der Waals surface area (Å²) in [5.41, 5.74) is 3.26. The van der Waals surface area contributed by atoms with Crippen LogP contribution < -0.4 is 5.32 Å². The molecule has 0 radical (unpaired) electrons. The lowest BCUT2D eigenvalue weighted by atomic mass is 9.93. The zero-order chi connectivity index (χ0) is 26.4. The van der Waals surface area contributed by atoms with Crippen molar-refractivity contribution < 1.29 is 24.2 Å². The van der Waals surface area contributed by atoms with E-state index in [2.05, 4.69) is 65.2 Å². The predicted octanol–water partition coefficient (Wildman–Crippen LogP) is 5.27. The van der Waals surface area contributed by atoms with E-state index in [0.717, 1.165) is 23.1 Å². The number of phenols is 1. The highest BCUT2D eigenvalue weighted by Crippen LogP contribution is 2.40. The summed E-state index contributed by atoms with van der Waals surface area (Å²) in [6, 6.07) is 13.4. The number of methoxy groups -OCH3 is 1. The molecule has 0 aliphatic heterocycles. The zero-order valence-electron chi connectivity index (χ0n) is 22.6. The van der Waals surface area contributed by atoms with Gasteiger partial charge >= 0.3 is 5.97 Å². The second-order valence-corrected chi connectivity index (χ2v) is 16.2. The molecule has 0 aromatic heterocycles. The number of esters is 1. The average molecular weight is 502 g/mol. The normalized spacial score (nSPS) is 13.5. The number of rotatable bonds is 11. The van der Waals surface area contributed by atoms with Gasteiger partial charge in [-0.05, 0) is 67.2 Å². The molecular weight excluding hydrogens is 458 g/mol. The number of ether oxygens (including phenoxy) is 1. The number of hydrogen-bond acceptors (Lipinski definition) is 6. The molecule has 0 saturated heterocycles. The second-order valence-electron chi connectivity index (χ2n) is 11.4. The Hall–Kier alpha value is -2.19. The lowest BCUT2D eigenvalue weighted by Crippen LogP contribution is -2.47. The Balaban J connectivity index is 2.23. The van der Waals surface area contributed by atoms with Crippen LogP contribution in [0.4, 0.5) is 0 Å². The van der Waals surface area contributed by atoms with Crippen LogP contribution in [0.1, 0.15) is 63.0 Å². The smallest absolute Gasteiger partial charge is 0.309 e. The second kappa shape index (κ2) is 11.7. The Kier molecular flexibility index (Phi) is 9.70. The van der Waals surface area contributed by atoms with Gasteiger partial charge in [-0.3, -0.25) is 4.79 Å². The van der Waals surface area contributed by atoms with Crippen LogP contribution in [-0.2, 0) is 33.4 Å². The van der Waals surface area contributed by atoms with E-state index in [1.54, 1.807) is 6.07 Å². The number of nitrogens with one attached hydrogen (secondary N) is 1. The number of carbonyl (C=O) groups excluding carboxylic acids is 1. The van der Waals surface area contributed by atoms with Crippen molar-refractivity contribution in [1.29, 1.82) is 0 Å². The van der Waals surface area contributed by atoms with Gasteiger partial charge in [-0.1, -0.05) is 51.1 Å². The van der Waals surface area contributed by atoms with Crippen LogP contribution >= 0.6 is 0 Å². The first-order valence-corrected chi connectivity index (χ1v) is 15.1. The third-order valence-electron chi connectivity index (χ3n) is 6.87. The van der Waals surface area contributed by atoms with Crippen LogP contribution in [0.25, 0.3) is 0 Å². The van der Waals surface area contributed by atoms with Gasteiger partial charge in [0.15, 0.2) is 8.32 Å². The average Bonchev–Trinajstić information content (AvgIpc) is 2.76. The summed E-state index contributed by atoms with van der Waals surface area (Å²) in [5.74, 6) is -0.163. The van der Waals surface area contributed by atoms with Gasteiger partial charge < -0.3 is 24.7 Å². The minimum atomic E-state index is -2.10. The molecule has 6 nitrogen and oxygen atoms in total. The van der Waals surface area contributed by atoms with Crippen molar-refractivity contribution in [2.75, 3.05) is 13.7 Å². The molecule has 7 heteroatoms. The lowest BCUT2D eigenvalue weighted by Gasteiger charge is -2.40. The summed E-state index contributed by atoms with van der Waals surface area (Å²) < 4.78 is 11.6. The van der Waals surface area contributed by atoms with E-state index in [4.69, 9.17) is 9.16 Å². The molecule has 194 valence electrons. The van der Waals surface area contributed by atoms with Gasteiger partial charge in [0.2, 0.25) is 0 Å². The molecule has 0 bridgehead atoms. The van der Waals surface area contributed by atoms with Gasteiger partial charge in [-0.15, -0.1) is 0 Å². The highest BCUT2D eigenvalue weighted by atomic mass is 28.4. The fraction of sp³-hybridized carbons (Fsp3) is 0.536. The number of carbonyl (C=O) groups is 1. The molecule has 0 unspecified atom stereocenters. The first-order valence-electron chi connectivity index (χ1n) is 12.2. The van der Waals surface area contributed by atoms with Gasteiger partial charge in [0.25, 0.3) is 0 Å². The van der Waals surface area contributed by atoms with Crippen molar-refractivity contribution in [1.82, 2.24) is 5.32 Å². The summed E-state index contributed by atoms with van der Waals surface area (Å²) in [6.07, 6.45) is 0.799. The Bertz CT molecular complexity index is 997. The molecule has 35 heavy (non-hydrogen) atoms.